The first kappa shape index (κ1) is 25.7. The first-order valence-corrected chi connectivity index (χ1v) is 12.1. The number of allylic oxidation sites excluding steroid dienone is 12. The third-order valence-electron chi connectivity index (χ3n) is 4.10. The first-order valence-electron chi connectivity index (χ1n) is 9.59. The van der Waals surface area contributed by atoms with Gasteiger partial charge in [-0.2, -0.15) is 0 Å². The van der Waals surface area contributed by atoms with Crippen LogP contribution in [0.3, 0.4) is 0 Å². The third kappa shape index (κ3) is 14.5. The number of rotatable bonds is 13. The molecule has 0 aromatic carbocycles. The van der Waals surface area contributed by atoms with Crippen LogP contribution in [0.25, 0.3) is 0 Å². The molecule has 2 nitrogen and oxygen atoms in total. The van der Waals surface area contributed by atoms with Crippen LogP contribution < -0.4 is 0 Å². The highest BCUT2D eigenvalue weighted by Crippen LogP contribution is 2.24. The Labute approximate surface area is 176 Å². The Morgan fingerprint density at radius 2 is 1.19 bits per heavy atom. The molecule has 0 fully saturated rings. The maximum absolute atomic E-state index is 2.28. The molecule has 0 bridgehead atoms. The zero-order chi connectivity index (χ0) is 20.5. The van der Waals surface area contributed by atoms with Gasteiger partial charge in [-0.15, -0.1) is 0 Å². The van der Waals surface area contributed by atoms with E-state index >= 15 is 0 Å². The van der Waals surface area contributed by atoms with Crippen LogP contribution in [0, 0.1) is 0 Å². The van der Waals surface area contributed by atoms with Crippen molar-refractivity contribution in [3.63, 3.8) is 0 Å². The molecule has 0 atom stereocenters. The molecular formula is C23H38N2S2. The highest BCUT2D eigenvalue weighted by atomic mass is 33.1. The van der Waals surface area contributed by atoms with Crippen LogP contribution in [0.4, 0.5) is 0 Å². The summed E-state index contributed by atoms with van der Waals surface area (Å²) in [6.07, 6.45) is 21.4. The lowest BCUT2D eigenvalue weighted by Crippen LogP contribution is -2.16. The summed E-state index contributed by atoms with van der Waals surface area (Å²) < 4.78 is 0. The summed E-state index contributed by atoms with van der Waals surface area (Å²) in [6.45, 7) is 10.8. The summed E-state index contributed by atoms with van der Waals surface area (Å²) >= 11 is 0. The molecule has 0 aromatic rings. The standard InChI is InChI=1S/C23H38N2S2/c1-8-10-11-12-13-17-22(4)24(6)19-26-27-20-25(7)23(5)18-15-14-16-21(3)9-2/h10-18H,8-9,19-20H2,1-7H3/b11-10+,13-12-,15-14-,21-16+,22-17+,23-18+. The van der Waals surface area contributed by atoms with Crippen molar-refractivity contribution in [1.29, 1.82) is 0 Å². The van der Waals surface area contributed by atoms with Crippen LogP contribution >= 0.6 is 21.6 Å². The van der Waals surface area contributed by atoms with E-state index in [0.717, 1.165) is 24.6 Å². The van der Waals surface area contributed by atoms with Gasteiger partial charge in [0.2, 0.25) is 0 Å². The number of nitrogens with zero attached hydrogens (tertiary/aromatic N) is 2. The Hall–Kier alpha value is -1.26. The molecule has 0 saturated heterocycles. The molecule has 0 heterocycles. The van der Waals surface area contributed by atoms with E-state index < -0.39 is 0 Å². The smallest absolute Gasteiger partial charge is 0.0736 e. The molecule has 0 aliphatic heterocycles. The summed E-state index contributed by atoms with van der Waals surface area (Å²) in [5, 5.41) is 0. The lowest BCUT2D eigenvalue weighted by atomic mass is 10.2. The second kappa shape index (κ2) is 16.9. The average Bonchev–Trinajstić information content (AvgIpc) is 2.67. The van der Waals surface area contributed by atoms with Crippen molar-refractivity contribution in [1.82, 2.24) is 9.80 Å². The van der Waals surface area contributed by atoms with Crippen molar-refractivity contribution in [3.8, 4) is 0 Å². The second-order valence-electron chi connectivity index (χ2n) is 6.48. The molecule has 0 spiro atoms. The molecule has 27 heavy (non-hydrogen) atoms. The van der Waals surface area contributed by atoms with Crippen LogP contribution in [0.5, 0.6) is 0 Å². The molecule has 0 aliphatic carbocycles. The first-order chi connectivity index (χ1) is 12.9. The monoisotopic (exact) mass is 406 g/mol. The summed E-state index contributed by atoms with van der Waals surface area (Å²) in [7, 11) is 8.05. The van der Waals surface area contributed by atoms with E-state index in [2.05, 4.69) is 113 Å². The topological polar surface area (TPSA) is 6.48 Å². The van der Waals surface area contributed by atoms with Gasteiger partial charge in [0.15, 0.2) is 0 Å². The maximum atomic E-state index is 2.28. The van der Waals surface area contributed by atoms with E-state index in [9.17, 15) is 0 Å². The van der Waals surface area contributed by atoms with E-state index in [1.165, 1.54) is 17.0 Å². The van der Waals surface area contributed by atoms with Crippen molar-refractivity contribution in [2.24, 2.45) is 0 Å². The minimum absolute atomic E-state index is 0.975. The molecule has 0 radical (unpaired) electrons. The lowest BCUT2D eigenvalue weighted by molar-refractivity contribution is 0.493. The molecule has 0 aliphatic rings. The molecule has 0 amide bonds. The molecule has 0 rings (SSSR count). The van der Waals surface area contributed by atoms with Crippen LogP contribution in [0.15, 0.2) is 71.7 Å². The van der Waals surface area contributed by atoms with Crippen molar-refractivity contribution < 1.29 is 0 Å². The van der Waals surface area contributed by atoms with E-state index in [-0.39, 0.29) is 0 Å². The average molecular weight is 407 g/mol. The van der Waals surface area contributed by atoms with Crippen molar-refractivity contribution in [3.05, 3.63) is 71.7 Å². The predicted molar refractivity (Wildman–Crippen MR) is 130 cm³/mol. The van der Waals surface area contributed by atoms with Gasteiger partial charge in [0.25, 0.3) is 0 Å². The third-order valence-corrected chi connectivity index (χ3v) is 6.38. The SMILES string of the molecule is CC/C=C/C=C\C=C(/C)N(C)CSSCN(C)/C(C)=C/C=C\C=C(/C)CC. The molecule has 152 valence electrons. The van der Waals surface area contributed by atoms with Gasteiger partial charge in [-0.05, 0) is 45.8 Å². The predicted octanol–water partition coefficient (Wildman–Crippen LogP) is 7.39. The van der Waals surface area contributed by atoms with E-state index in [1.54, 1.807) is 0 Å². The Bertz CT molecular complexity index is 569. The fourth-order valence-electron chi connectivity index (χ4n) is 1.70. The maximum Gasteiger partial charge on any atom is 0.0736 e. The summed E-state index contributed by atoms with van der Waals surface area (Å²) in [6, 6.07) is 0. The van der Waals surface area contributed by atoms with Gasteiger partial charge < -0.3 is 9.80 Å². The Morgan fingerprint density at radius 1 is 0.704 bits per heavy atom. The van der Waals surface area contributed by atoms with Gasteiger partial charge in [0, 0.05) is 25.5 Å². The summed E-state index contributed by atoms with van der Waals surface area (Å²) in [4.78, 5) is 4.56. The fourth-order valence-corrected chi connectivity index (χ4v) is 3.97. The molecule has 0 saturated carbocycles. The van der Waals surface area contributed by atoms with Crippen molar-refractivity contribution in [2.75, 3.05) is 25.8 Å². The van der Waals surface area contributed by atoms with Gasteiger partial charge in [0.05, 0.1) is 11.8 Å². The minimum Gasteiger partial charge on any atom is -0.368 e. The zero-order valence-electron chi connectivity index (χ0n) is 18.2. The van der Waals surface area contributed by atoms with Crippen LogP contribution in [-0.2, 0) is 0 Å². The van der Waals surface area contributed by atoms with Gasteiger partial charge in [-0.3, -0.25) is 0 Å². The highest BCUT2D eigenvalue weighted by molar-refractivity contribution is 8.76. The minimum atomic E-state index is 0.975. The fraction of sp³-hybridized carbons (Fsp3) is 0.478. The van der Waals surface area contributed by atoms with E-state index in [1.807, 2.05) is 21.6 Å². The molecule has 0 aromatic heterocycles. The lowest BCUT2D eigenvalue weighted by Gasteiger charge is -2.21. The quantitative estimate of drug-likeness (QED) is 0.136. The highest BCUT2D eigenvalue weighted by Gasteiger charge is 2.01. The normalized spacial score (nSPS) is 14.1. The molecule has 4 heteroatoms. The summed E-state index contributed by atoms with van der Waals surface area (Å²) in [5.74, 6) is 1.95. The number of hydrogen-bond donors (Lipinski definition) is 0. The van der Waals surface area contributed by atoms with Crippen molar-refractivity contribution >= 4 is 21.6 Å². The van der Waals surface area contributed by atoms with E-state index in [4.69, 9.17) is 0 Å². The Kier molecular flexibility index (Phi) is 16.1. The zero-order valence-corrected chi connectivity index (χ0v) is 19.9. The molecular weight excluding hydrogens is 368 g/mol. The van der Waals surface area contributed by atoms with Gasteiger partial charge in [0.1, 0.15) is 0 Å². The largest absolute Gasteiger partial charge is 0.368 e. The van der Waals surface area contributed by atoms with Crippen LogP contribution in [0.1, 0.15) is 47.5 Å². The van der Waals surface area contributed by atoms with E-state index in [0.29, 0.717) is 0 Å². The van der Waals surface area contributed by atoms with Gasteiger partial charge >= 0.3 is 0 Å². The molecule has 0 unspecified atom stereocenters. The second-order valence-corrected chi connectivity index (χ2v) is 8.88. The Balaban J connectivity index is 4.19. The molecule has 0 N–H and O–H groups in total. The number of hydrogen-bond acceptors (Lipinski definition) is 4. The van der Waals surface area contributed by atoms with Gasteiger partial charge in [-0.25, -0.2) is 0 Å². The van der Waals surface area contributed by atoms with Gasteiger partial charge in [-0.1, -0.05) is 83.5 Å². The van der Waals surface area contributed by atoms with Crippen LogP contribution in [-0.4, -0.2) is 35.6 Å². The summed E-state index contributed by atoms with van der Waals surface area (Å²) in [5.41, 5.74) is 3.95. The van der Waals surface area contributed by atoms with Crippen molar-refractivity contribution in [2.45, 2.75) is 47.5 Å². The Morgan fingerprint density at radius 3 is 1.67 bits per heavy atom. The van der Waals surface area contributed by atoms with Crippen LogP contribution in [0.2, 0.25) is 0 Å².